The van der Waals surface area contributed by atoms with Crippen LogP contribution in [0.25, 0.3) is 0 Å². The van der Waals surface area contributed by atoms with Gasteiger partial charge in [-0.25, -0.2) is 13.1 Å². The van der Waals surface area contributed by atoms with Crippen LogP contribution in [0, 0.1) is 0 Å². The van der Waals surface area contributed by atoms with Gasteiger partial charge in [-0.2, -0.15) is 0 Å². The van der Waals surface area contributed by atoms with Crippen LogP contribution in [0.1, 0.15) is 33.6 Å². The van der Waals surface area contributed by atoms with Crippen LogP contribution < -0.4 is 4.72 Å². The largest absolute Gasteiger partial charge is 0.366 e. The van der Waals surface area contributed by atoms with E-state index in [0.717, 1.165) is 6.26 Å². The number of amides is 1. The number of sulfonamides is 1. The third-order valence-corrected chi connectivity index (χ3v) is 3.62. The Morgan fingerprint density at radius 1 is 1.32 bits per heavy atom. The average molecular weight is 292 g/mol. The fraction of sp³-hybridized carbons (Fsp3) is 0.917. The van der Waals surface area contributed by atoms with E-state index in [1.165, 1.54) is 0 Å². The number of nitrogens with zero attached hydrogens (tertiary/aromatic N) is 1. The number of hydrogen-bond acceptors (Lipinski definition) is 4. The topological polar surface area (TPSA) is 75.7 Å². The Balaban J connectivity index is 2.35. The van der Waals surface area contributed by atoms with Gasteiger partial charge in [0, 0.05) is 19.1 Å². The smallest absolute Gasteiger partial charge is 0.248 e. The standard InChI is InChI=1S/C12H24N2O4S/c1-12(2,3)18-9-11(15)14-7-5-10(6-8-14)13-19(4,16)17/h10,13H,5-9H2,1-4H3. The van der Waals surface area contributed by atoms with Gasteiger partial charge in [0.05, 0.1) is 11.9 Å². The van der Waals surface area contributed by atoms with E-state index >= 15 is 0 Å². The number of nitrogens with one attached hydrogen (secondary N) is 1. The molecule has 0 spiro atoms. The van der Waals surface area contributed by atoms with Gasteiger partial charge in [0.25, 0.3) is 0 Å². The lowest BCUT2D eigenvalue weighted by Crippen LogP contribution is -2.47. The van der Waals surface area contributed by atoms with E-state index in [-0.39, 0.29) is 24.2 Å². The molecule has 1 fully saturated rings. The minimum absolute atomic E-state index is 0.0345. The molecule has 6 nitrogen and oxygen atoms in total. The summed E-state index contributed by atoms with van der Waals surface area (Å²) in [6.45, 7) is 6.93. The van der Waals surface area contributed by atoms with Gasteiger partial charge in [-0.05, 0) is 33.6 Å². The molecule has 0 radical (unpaired) electrons. The van der Waals surface area contributed by atoms with Gasteiger partial charge in [0.1, 0.15) is 6.61 Å². The molecule has 1 rings (SSSR count). The van der Waals surface area contributed by atoms with Gasteiger partial charge in [-0.15, -0.1) is 0 Å². The average Bonchev–Trinajstić information content (AvgIpc) is 2.23. The van der Waals surface area contributed by atoms with E-state index in [1.807, 2.05) is 20.8 Å². The maximum Gasteiger partial charge on any atom is 0.248 e. The molecule has 19 heavy (non-hydrogen) atoms. The normalized spacial score (nSPS) is 18.6. The molecule has 0 unspecified atom stereocenters. The fourth-order valence-corrected chi connectivity index (χ4v) is 2.76. The van der Waals surface area contributed by atoms with Crippen LogP contribution in [-0.4, -0.2) is 56.8 Å². The van der Waals surface area contributed by atoms with Crippen LogP contribution in [0.4, 0.5) is 0 Å². The van der Waals surface area contributed by atoms with E-state index in [1.54, 1.807) is 4.90 Å². The zero-order chi connectivity index (χ0) is 14.7. The molecule has 0 aliphatic carbocycles. The second-order valence-electron chi connectivity index (χ2n) is 5.95. The highest BCUT2D eigenvalue weighted by Crippen LogP contribution is 2.13. The van der Waals surface area contributed by atoms with Crippen molar-refractivity contribution in [2.24, 2.45) is 0 Å². The summed E-state index contributed by atoms with van der Waals surface area (Å²) in [4.78, 5) is 13.6. The Bertz CT molecular complexity index is 406. The van der Waals surface area contributed by atoms with Crippen LogP contribution in [0.3, 0.4) is 0 Å². The minimum Gasteiger partial charge on any atom is -0.366 e. The molecular formula is C12H24N2O4S. The molecule has 1 aliphatic heterocycles. The summed E-state index contributed by atoms with van der Waals surface area (Å²) < 4.78 is 30.3. The Kier molecular flexibility index (Phi) is 5.34. The molecule has 1 saturated heterocycles. The molecular weight excluding hydrogens is 268 g/mol. The molecule has 7 heteroatoms. The van der Waals surface area contributed by atoms with E-state index < -0.39 is 10.0 Å². The lowest BCUT2D eigenvalue weighted by molar-refractivity contribution is -0.142. The van der Waals surface area contributed by atoms with E-state index in [9.17, 15) is 13.2 Å². The van der Waals surface area contributed by atoms with E-state index in [4.69, 9.17) is 4.74 Å². The van der Waals surface area contributed by atoms with Crippen LogP contribution in [-0.2, 0) is 19.6 Å². The Morgan fingerprint density at radius 3 is 2.26 bits per heavy atom. The summed E-state index contributed by atoms with van der Waals surface area (Å²) >= 11 is 0. The zero-order valence-corrected chi connectivity index (χ0v) is 12.9. The quantitative estimate of drug-likeness (QED) is 0.811. The third kappa shape index (κ3) is 6.89. The first-order valence-electron chi connectivity index (χ1n) is 6.46. The number of rotatable bonds is 4. The van der Waals surface area contributed by atoms with Gasteiger partial charge >= 0.3 is 0 Å². The van der Waals surface area contributed by atoms with Crippen molar-refractivity contribution in [3.05, 3.63) is 0 Å². The Hall–Kier alpha value is -0.660. The number of ether oxygens (including phenoxy) is 1. The zero-order valence-electron chi connectivity index (χ0n) is 12.1. The number of likely N-dealkylation sites (tertiary alicyclic amines) is 1. The first-order chi connectivity index (χ1) is 8.57. The maximum absolute atomic E-state index is 11.9. The SMILES string of the molecule is CC(C)(C)OCC(=O)N1CCC(NS(C)(=O)=O)CC1. The molecule has 0 aromatic heterocycles. The number of carbonyl (C=O) groups is 1. The third-order valence-electron chi connectivity index (χ3n) is 2.86. The summed E-state index contributed by atoms with van der Waals surface area (Å²) in [6.07, 6.45) is 2.45. The van der Waals surface area contributed by atoms with Crippen molar-refractivity contribution in [1.29, 1.82) is 0 Å². The van der Waals surface area contributed by atoms with Gasteiger partial charge in [-0.1, -0.05) is 0 Å². The maximum atomic E-state index is 11.9. The second kappa shape index (κ2) is 6.19. The first-order valence-corrected chi connectivity index (χ1v) is 8.35. The molecule has 1 heterocycles. The highest BCUT2D eigenvalue weighted by molar-refractivity contribution is 7.88. The number of hydrogen-bond donors (Lipinski definition) is 1. The van der Waals surface area contributed by atoms with E-state index in [0.29, 0.717) is 25.9 Å². The highest BCUT2D eigenvalue weighted by Gasteiger charge is 2.25. The van der Waals surface area contributed by atoms with Crippen molar-refractivity contribution in [2.45, 2.75) is 45.3 Å². The van der Waals surface area contributed by atoms with E-state index in [2.05, 4.69) is 4.72 Å². The lowest BCUT2D eigenvalue weighted by Gasteiger charge is -2.32. The van der Waals surface area contributed by atoms with Crippen molar-refractivity contribution < 1.29 is 17.9 Å². The summed E-state index contributed by atoms with van der Waals surface area (Å²) in [5.74, 6) is -0.0345. The van der Waals surface area contributed by atoms with Crippen LogP contribution >= 0.6 is 0 Å². The number of carbonyl (C=O) groups excluding carboxylic acids is 1. The molecule has 1 N–H and O–H groups in total. The molecule has 0 bridgehead atoms. The van der Waals surface area contributed by atoms with Crippen molar-refractivity contribution in [2.75, 3.05) is 26.0 Å². The molecule has 1 aliphatic rings. The van der Waals surface area contributed by atoms with Gasteiger partial charge in [0.2, 0.25) is 15.9 Å². The van der Waals surface area contributed by atoms with Gasteiger partial charge in [-0.3, -0.25) is 4.79 Å². The minimum atomic E-state index is -3.17. The molecule has 0 aromatic carbocycles. The summed E-state index contributed by atoms with van der Waals surface area (Å²) in [7, 11) is -3.17. The van der Waals surface area contributed by atoms with Crippen molar-refractivity contribution in [3.63, 3.8) is 0 Å². The Morgan fingerprint density at radius 2 is 1.84 bits per heavy atom. The van der Waals surface area contributed by atoms with Gasteiger partial charge in [0.15, 0.2) is 0 Å². The number of piperidine rings is 1. The molecule has 0 saturated carbocycles. The summed E-state index contributed by atoms with van der Waals surface area (Å²) in [5, 5.41) is 0. The molecule has 0 aromatic rings. The second-order valence-corrected chi connectivity index (χ2v) is 7.73. The van der Waals surface area contributed by atoms with Crippen molar-refractivity contribution in [1.82, 2.24) is 9.62 Å². The summed E-state index contributed by atoms with van der Waals surface area (Å²) in [6, 6.07) is -0.0671. The fourth-order valence-electron chi connectivity index (χ4n) is 1.92. The predicted octanol–water partition coefficient (Wildman–Crippen LogP) is 0.342. The lowest BCUT2D eigenvalue weighted by atomic mass is 10.1. The molecule has 1 amide bonds. The highest BCUT2D eigenvalue weighted by atomic mass is 32.2. The van der Waals surface area contributed by atoms with Crippen LogP contribution in [0.5, 0.6) is 0 Å². The van der Waals surface area contributed by atoms with Crippen molar-refractivity contribution >= 4 is 15.9 Å². The first kappa shape index (κ1) is 16.4. The van der Waals surface area contributed by atoms with Crippen LogP contribution in [0.2, 0.25) is 0 Å². The van der Waals surface area contributed by atoms with Crippen molar-refractivity contribution in [3.8, 4) is 0 Å². The van der Waals surface area contributed by atoms with Gasteiger partial charge < -0.3 is 9.64 Å². The monoisotopic (exact) mass is 292 g/mol. The predicted molar refractivity (Wildman–Crippen MR) is 73.3 cm³/mol. The molecule has 0 atom stereocenters. The summed E-state index contributed by atoms with van der Waals surface area (Å²) in [5.41, 5.74) is -0.328. The van der Waals surface area contributed by atoms with Crippen LogP contribution in [0.15, 0.2) is 0 Å². The Labute approximate surface area is 115 Å². The molecule has 112 valence electrons.